The highest BCUT2D eigenvalue weighted by Gasteiger charge is 2.08. The molecule has 0 nitrogen and oxygen atoms in total. The van der Waals surface area contributed by atoms with E-state index in [2.05, 4.69) is 42.8 Å². The fraction of sp³-hybridized carbons (Fsp3) is 0.500. The van der Waals surface area contributed by atoms with Crippen molar-refractivity contribution in [2.24, 2.45) is 0 Å². The van der Waals surface area contributed by atoms with Crippen LogP contribution in [0.5, 0.6) is 0 Å². The first-order chi connectivity index (χ1) is 6.57. The summed E-state index contributed by atoms with van der Waals surface area (Å²) < 4.78 is 1.14. The van der Waals surface area contributed by atoms with Gasteiger partial charge in [-0.1, -0.05) is 46.9 Å². The van der Waals surface area contributed by atoms with Crippen LogP contribution in [-0.2, 0) is 6.42 Å². The third-order valence-electron chi connectivity index (χ3n) is 2.48. The zero-order valence-electron chi connectivity index (χ0n) is 8.95. The molecule has 0 radical (unpaired) electrons. The predicted molar refractivity (Wildman–Crippen MR) is 67.2 cm³/mol. The summed E-state index contributed by atoms with van der Waals surface area (Å²) in [5, 5.41) is 0.927. The molecule has 0 spiro atoms. The molecule has 78 valence electrons. The maximum atomic E-state index is 6.28. The number of hydrogen-bond donors (Lipinski definition) is 0. The molecule has 1 aromatic carbocycles. The molecular weight excluding hydrogens is 259 g/mol. The first kappa shape index (κ1) is 12.1. The predicted octanol–water partition coefficient (Wildman–Crippen LogP) is 5.06. The molecule has 0 fully saturated rings. The first-order valence-electron chi connectivity index (χ1n) is 5.02. The largest absolute Gasteiger partial charge is 0.0837 e. The molecular formula is C12H16BrCl. The molecule has 1 aromatic rings. The van der Waals surface area contributed by atoms with Gasteiger partial charge in [0.1, 0.15) is 0 Å². The summed E-state index contributed by atoms with van der Waals surface area (Å²) in [6.45, 7) is 6.38. The molecule has 2 heteroatoms. The van der Waals surface area contributed by atoms with Crippen LogP contribution in [0.25, 0.3) is 0 Å². The smallest absolute Gasteiger partial charge is 0.0478 e. The van der Waals surface area contributed by atoms with Crippen LogP contribution >= 0.6 is 27.5 Å². The molecule has 0 unspecified atom stereocenters. The minimum atomic E-state index is 0.927. The summed E-state index contributed by atoms with van der Waals surface area (Å²) >= 11 is 9.82. The van der Waals surface area contributed by atoms with E-state index in [1.807, 2.05) is 0 Å². The Labute approximate surface area is 99.8 Å². The van der Waals surface area contributed by atoms with Gasteiger partial charge in [0.15, 0.2) is 0 Å². The number of aryl methyl sites for hydroxylation is 2. The lowest BCUT2D eigenvalue weighted by Crippen LogP contribution is -1.92. The quantitative estimate of drug-likeness (QED) is 0.723. The van der Waals surface area contributed by atoms with Gasteiger partial charge in [0.05, 0.1) is 0 Å². The van der Waals surface area contributed by atoms with Gasteiger partial charge in [0.25, 0.3) is 0 Å². The van der Waals surface area contributed by atoms with Crippen LogP contribution in [-0.4, -0.2) is 0 Å². The molecule has 1 rings (SSSR count). The van der Waals surface area contributed by atoms with Crippen molar-refractivity contribution in [3.8, 4) is 0 Å². The van der Waals surface area contributed by atoms with Crippen LogP contribution in [0, 0.1) is 13.8 Å². The van der Waals surface area contributed by atoms with Gasteiger partial charge >= 0.3 is 0 Å². The first-order valence-corrected chi connectivity index (χ1v) is 6.19. The molecule has 0 aliphatic carbocycles. The second-order valence-electron chi connectivity index (χ2n) is 3.71. The van der Waals surface area contributed by atoms with Crippen LogP contribution < -0.4 is 0 Å². The number of benzene rings is 1. The van der Waals surface area contributed by atoms with E-state index in [9.17, 15) is 0 Å². The molecule has 14 heavy (non-hydrogen) atoms. The third kappa shape index (κ3) is 2.52. The van der Waals surface area contributed by atoms with Crippen molar-refractivity contribution < 1.29 is 0 Å². The van der Waals surface area contributed by atoms with Gasteiger partial charge in [-0.3, -0.25) is 0 Å². The van der Waals surface area contributed by atoms with Crippen molar-refractivity contribution in [1.82, 2.24) is 0 Å². The number of unbranched alkanes of at least 4 members (excludes halogenated alkanes) is 1. The molecule has 0 saturated heterocycles. The van der Waals surface area contributed by atoms with E-state index in [4.69, 9.17) is 11.6 Å². The molecule has 0 bridgehead atoms. The SMILES string of the molecule is CCCCc1cc(C)c(Br)c(C)c1Cl. The second-order valence-corrected chi connectivity index (χ2v) is 4.88. The maximum Gasteiger partial charge on any atom is 0.0478 e. The summed E-state index contributed by atoms with van der Waals surface area (Å²) in [7, 11) is 0. The topological polar surface area (TPSA) is 0 Å². The van der Waals surface area contributed by atoms with Crippen molar-refractivity contribution in [1.29, 1.82) is 0 Å². The van der Waals surface area contributed by atoms with Gasteiger partial charge in [-0.15, -0.1) is 0 Å². The lowest BCUT2D eigenvalue weighted by atomic mass is 10.0. The number of rotatable bonds is 3. The highest BCUT2D eigenvalue weighted by molar-refractivity contribution is 9.10. The van der Waals surface area contributed by atoms with E-state index in [-0.39, 0.29) is 0 Å². The van der Waals surface area contributed by atoms with Gasteiger partial charge < -0.3 is 0 Å². The van der Waals surface area contributed by atoms with E-state index in [0.717, 1.165) is 21.5 Å². The van der Waals surface area contributed by atoms with Gasteiger partial charge in [0, 0.05) is 9.50 Å². The monoisotopic (exact) mass is 274 g/mol. The zero-order chi connectivity index (χ0) is 10.7. The van der Waals surface area contributed by atoms with E-state index in [1.165, 1.54) is 24.0 Å². The average molecular weight is 276 g/mol. The molecule has 0 aliphatic heterocycles. The van der Waals surface area contributed by atoms with E-state index in [1.54, 1.807) is 0 Å². The summed E-state index contributed by atoms with van der Waals surface area (Å²) in [6.07, 6.45) is 3.51. The summed E-state index contributed by atoms with van der Waals surface area (Å²) in [4.78, 5) is 0. The number of halogens is 2. The van der Waals surface area contributed by atoms with E-state index >= 15 is 0 Å². The van der Waals surface area contributed by atoms with Crippen molar-refractivity contribution in [3.05, 3.63) is 32.3 Å². The molecule has 0 aromatic heterocycles. The average Bonchev–Trinajstić information content (AvgIpc) is 2.18. The molecule has 0 heterocycles. The Kier molecular flexibility index (Phi) is 4.46. The summed E-state index contributed by atoms with van der Waals surface area (Å²) in [6, 6.07) is 2.19. The Morgan fingerprint density at radius 3 is 2.57 bits per heavy atom. The van der Waals surface area contributed by atoms with Crippen LogP contribution in [0.2, 0.25) is 5.02 Å². The Balaban J connectivity index is 3.06. The molecule has 0 atom stereocenters. The van der Waals surface area contributed by atoms with Crippen LogP contribution in [0.1, 0.15) is 36.5 Å². The van der Waals surface area contributed by atoms with Gasteiger partial charge in [-0.05, 0) is 43.4 Å². The van der Waals surface area contributed by atoms with E-state index in [0.29, 0.717) is 0 Å². The Morgan fingerprint density at radius 1 is 1.36 bits per heavy atom. The number of hydrogen-bond acceptors (Lipinski definition) is 0. The zero-order valence-corrected chi connectivity index (χ0v) is 11.3. The molecule has 0 aliphatic rings. The van der Waals surface area contributed by atoms with Crippen molar-refractivity contribution in [2.75, 3.05) is 0 Å². The van der Waals surface area contributed by atoms with Crippen molar-refractivity contribution in [3.63, 3.8) is 0 Å². The molecule has 0 saturated carbocycles. The standard InChI is InChI=1S/C12H16BrCl/c1-4-5-6-10-7-8(2)11(13)9(3)12(10)14/h7H,4-6H2,1-3H3. The lowest BCUT2D eigenvalue weighted by Gasteiger charge is -2.11. The highest BCUT2D eigenvalue weighted by atomic mass is 79.9. The van der Waals surface area contributed by atoms with E-state index < -0.39 is 0 Å². The highest BCUT2D eigenvalue weighted by Crippen LogP contribution is 2.31. The van der Waals surface area contributed by atoms with Crippen LogP contribution in [0.15, 0.2) is 10.5 Å². The normalized spacial score (nSPS) is 10.6. The minimum Gasteiger partial charge on any atom is -0.0837 e. The van der Waals surface area contributed by atoms with Crippen LogP contribution in [0.4, 0.5) is 0 Å². The lowest BCUT2D eigenvalue weighted by molar-refractivity contribution is 0.794. The third-order valence-corrected chi connectivity index (χ3v) is 4.22. The molecule has 0 amide bonds. The fourth-order valence-electron chi connectivity index (χ4n) is 1.57. The fourth-order valence-corrected chi connectivity index (χ4v) is 2.24. The Morgan fingerprint density at radius 2 is 2.00 bits per heavy atom. The van der Waals surface area contributed by atoms with Crippen molar-refractivity contribution >= 4 is 27.5 Å². The Hall–Kier alpha value is -0.0100. The Bertz CT molecular complexity index is 332. The van der Waals surface area contributed by atoms with Gasteiger partial charge in [-0.2, -0.15) is 0 Å². The maximum absolute atomic E-state index is 6.28. The molecule has 0 N–H and O–H groups in total. The van der Waals surface area contributed by atoms with Crippen molar-refractivity contribution in [2.45, 2.75) is 40.0 Å². The summed E-state index contributed by atoms with van der Waals surface area (Å²) in [5.74, 6) is 0. The van der Waals surface area contributed by atoms with Gasteiger partial charge in [-0.25, -0.2) is 0 Å². The summed E-state index contributed by atoms with van der Waals surface area (Å²) in [5.41, 5.74) is 3.72. The second kappa shape index (κ2) is 5.18. The van der Waals surface area contributed by atoms with Gasteiger partial charge in [0.2, 0.25) is 0 Å². The van der Waals surface area contributed by atoms with Crippen LogP contribution in [0.3, 0.4) is 0 Å². The minimum absolute atomic E-state index is 0.927.